The number of benzene rings is 1. The van der Waals surface area contributed by atoms with Gasteiger partial charge in [0.15, 0.2) is 0 Å². The van der Waals surface area contributed by atoms with Crippen LogP contribution in [-0.2, 0) is 4.79 Å². The average Bonchev–Trinajstić information content (AvgIpc) is 2.83. The van der Waals surface area contributed by atoms with Gasteiger partial charge in [-0.1, -0.05) is 44.9 Å². The molecule has 172 valence electrons. The van der Waals surface area contributed by atoms with E-state index in [0.717, 1.165) is 44.5 Å². The Morgan fingerprint density at radius 1 is 1.00 bits per heavy atom. The maximum Gasteiger partial charge on any atom is 0.271 e. The molecule has 0 spiro atoms. The van der Waals surface area contributed by atoms with Gasteiger partial charge in [-0.3, -0.25) is 14.6 Å². The lowest BCUT2D eigenvalue weighted by molar-refractivity contribution is -0.118. The third-order valence-electron chi connectivity index (χ3n) is 5.23. The topological polar surface area (TPSA) is 86.7 Å². The molecule has 0 aliphatic carbocycles. The lowest BCUT2D eigenvalue weighted by Gasteiger charge is -2.27. The summed E-state index contributed by atoms with van der Waals surface area (Å²) in [4.78, 5) is 31.8. The fourth-order valence-electron chi connectivity index (χ4n) is 3.26. The maximum atomic E-state index is 13.2. The summed E-state index contributed by atoms with van der Waals surface area (Å²) in [5.41, 5.74) is 4.36. The molecule has 32 heavy (non-hydrogen) atoms. The number of aromatic nitrogens is 1. The molecule has 0 saturated carbocycles. The van der Waals surface area contributed by atoms with E-state index in [2.05, 4.69) is 39.6 Å². The molecule has 1 atom stereocenters. The molecule has 7 nitrogen and oxygen atoms in total. The van der Waals surface area contributed by atoms with Crippen LogP contribution >= 0.6 is 0 Å². The van der Waals surface area contributed by atoms with Gasteiger partial charge in [0.05, 0.1) is 5.92 Å². The molecule has 7 heteroatoms. The minimum atomic E-state index is -0.485. The van der Waals surface area contributed by atoms with Crippen LogP contribution in [0.4, 0.5) is 5.69 Å². The summed E-state index contributed by atoms with van der Waals surface area (Å²) in [6.45, 7) is 8.54. The third kappa shape index (κ3) is 8.59. The van der Waals surface area contributed by atoms with Crippen LogP contribution in [0, 0.1) is 5.92 Å². The minimum absolute atomic E-state index is 0.131. The first-order chi connectivity index (χ1) is 15.5. The van der Waals surface area contributed by atoms with Gasteiger partial charge in [0.1, 0.15) is 0 Å². The maximum absolute atomic E-state index is 13.2. The van der Waals surface area contributed by atoms with Crippen molar-refractivity contribution in [3.8, 4) is 0 Å². The SMILES string of the molecule is CCCCN(CCCC)CC(C(=O)Nc1ccccc1)/C(C)=N/NC(=O)c1ccncc1. The van der Waals surface area contributed by atoms with Gasteiger partial charge in [0.25, 0.3) is 5.91 Å². The van der Waals surface area contributed by atoms with Crippen LogP contribution < -0.4 is 10.7 Å². The quantitative estimate of drug-likeness (QED) is 0.360. The Bertz CT molecular complexity index is 847. The number of carbonyl (C=O) groups is 2. The molecule has 0 fully saturated rings. The monoisotopic (exact) mass is 437 g/mol. The zero-order valence-corrected chi connectivity index (χ0v) is 19.4. The highest BCUT2D eigenvalue weighted by Gasteiger charge is 2.25. The van der Waals surface area contributed by atoms with Crippen molar-refractivity contribution >= 4 is 23.2 Å². The van der Waals surface area contributed by atoms with E-state index in [1.165, 1.54) is 0 Å². The first-order valence-corrected chi connectivity index (χ1v) is 11.4. The van der Waals surface area contributed by atoms with Gasteiger partial charge in [0.2, 0.25) is 5.91 Å². The van der Waals surface area contributed by atoms with E-state index in [4.69, 9.17) is 0 Å². The van der Waals surface area contributed by atoms with E-state index in [1.807, 2.05) is 30.3 Å². The number of hydrogen-bond donors (Lipinski definition) is 2. The molecule has 2 rings (SSSR count). The molecule has 1 aromatic carbocycles. The van der Waals surface area contributed by atoms with E-state index >= 15 is 0 Å². The van der Waals surface area contributed by atoms with Crippen molar-refractivity contribution < 1.29 is 9.59 Å². The summed E-state index contributed by atoms with van der Waals surface area (Å²) in [5.74, 6) is -0.946. The fourth-order valence-corrected chi connectivity index (χ4v) is 3.26. The molecule has 2 aromatic rings. The van der Waals surface area contributed by atoms with Gasteiger partial charge in [-0.15, -0.1) is 0 Å². The number of hydrazone groups is 1. The molecule has 1 unspecified atom stereocenters. The molecule has 1 aromatic heterocycles. The van der Waals surface area contributed by atoms with Crippen LogP contribution in [0.2, 0.25) is 0 Å². The summed E-state index contributed by atoms with van der Waals surface area (Å²) in [6, 6.07) is 12.6. The highest BCUT2D eigenvalue weighted by molar-refractivity contribution is 6.09. The normalized spacial score (nSPS) is 12.4. The number of amides is 2. The Morgan fingerprint density at radius 3 is 2.22 bits per heavy atom. The van der Waals surface area contributed by atoms with Crippen LogP contribution in [0.5, 0.6) is 0 Å². The second kappa shape index (κ2) is 14.1. The van der Waals surface area contributed by atoms with Gasteiger partial charge in [-0.25, -0.2) is 5.43 Å². The van der Waals surface area contributed by atoms with Crippen molar-refractivity contribution in [2.45, 2.75) is 46.5 Å². The smallest absolute Gasteiger partial charge is 0.271 e. The predicted molar refractivity (Wildman–Crippen MR) is 130 cm³/mol. The van der Waals surface area contributed by atoms with Crippen molar-refractivity contribution in [2.75, 3.05) is 25.0 Å². The first kappa shape index (κ1) is 25.2. The summed E-state index contributed by atoms with van der Waals surface area (Å²) in [7, 11) is 0. The van der Waals surface area contributed by atoms with Crippen LogP contribution in [0.3, 0.4) is 0 Å². The Morgan fingerprint density at radius 2 is 1.62 bits per heavy atom. The zero-order valence-electron chi connectivity index (χ0n) is 19.4. The van der Waals surface area contributed by atoms with Gasteiger partial charge < -0.3 is 10.2 Å². The van der Waals surface area contributed by atoms with Gasteiger partial charge in [-0.05, 0) is 57.1 Å². The van der Waals surface area contributed by atoms with Crippen molar-refractivity contribution in [1.82, 2.24) is 15.3 Å². The largest absolute Gasteiger partial charge is 0.325 e. The number of nitrogens with zero attached hydrogens (tertiary/aromatic N) is 3. The van der Waals surface area contributed by atoms with E-state index in [0.29, 0.717) is 17.8 Å². The number of unbranched alkanes of at least 4 members (excludes halogenated alkanes) is 2. The molecule has 2 N–H and O–H groups in total. The first-order valence-electron chi connectivity index (χ1n) is 11.4. The van der Waals surface area contributed by atoms with E-state index in [1.54, 1.807) is 31.5 Å². The van der Waals surface area contributed by atoms with Crippen molar-refractivity contribution in [3.05, 3.63) is 60.4 Å². The average molecular weight is 438 g/mol. The summed E-state index contributed by atoms with van der Waals surface area (Å²) in [5, 5.41) is 7.28. The van der Waals surface area contributed by atoms with Crippen LogP contribution in [0.25, 0.3) is 0 Å². The number of nitrogens with one attached hydrogen (secondary N) is 2. The van der Waals surface area contributed by atoms with E-state index in [-0.39, 0.29) is 11.8 Å². The Kier molecular flexibility index (Phi) is 11.1. The molecule has 0 aliphatic rings. The lowest BCUT2D eigenvalue weighted by Crippen LogP contribution is -2.41. The predicted octanol–water partition coefficient (Wildman–Crippen LogP) is 4.34. The third-order valence-corrected chi connectivity index (χ3v) is 5.23. The minimum Gasteiger partial charge on any atom is -0.325 e. The van der Waals surface area contributed by atoms with Crippen LogP contribution in [0.1, 0.15) is 56.8 Å². The van der Waals surface area contributed by atoms with Crippen molar-refractivity contribution in [3.63, 3.8) is 0 Å². The second-order valence-electron chi connectivity index (χ2n) is 7.85. The van der Waals surface area contributed by atoms with Gasteiger partial charge >= 0.3 is 0 Å². The molecule has 0 aliphatic heterocycles. The van der Waals surface area contributed by atoms with Gasteiger partial charge in [-0.2, -0.15) is 5.10 Å². The Hall–Kier alpha value is -3.06. The molecular weight excluding hydrogens is 402 g/mol. The number of anilines is 1. The molecule has 2 amide bonds. The number of para-hydroxylation sites is 1. The zero-order chi connectivity index (χ0) is 23.2. The summed E-state index contributed by atoms with van der Waals surface area (Å²) >= 11 is 0. The number of hydrogen-bond acceptors (Lipinski definition) is 5. The fraction of sp³-hybridized carbons (Fsp3) is 0.440. The van der Waals surface area contributed by atoms with Crippen molar-refractivity contribution in [2.24, 2.45) is 11.0 Å². The molecule has 0 radical (unpaired) electrons. The summed E-state index contributed by atoms with van der Waals surface area (Å²) in [6.07, 6.45) is 7.45. The summed E-state index contributed by atoms with van der Waals surface area (Å²) < 4.78 is 0. The van der Waals surface area contributed by atoms with E-state index < -0.39 is 5.92 Å². The van der Waals surface area contributed by atoms with E-state index in [9.17, 15) is 9.59 Å². The van der Waals surface area contributed by atoms with Crippen molar-refractivity contribution in [1.29, 1.82) is 0 Å². The van der Waals surface area contributed by atoms with Crippen LogP contribution in [-0.4, -0.2) is 47.0 Å². The molecule has 0 saturated heterocycles. The standard InChI is InChI=1S/C25H35N5O2/c1-4-6-17-30(18-7-5-2)19-23(25(32)27-22-11-9-8-10-12-22)20(3)28-29-24(31)21-13-15-26-16-14-21/h8-16,23H,4-7,17-19H2,1-3H3,(H,27,32)(H,29,31)/b28-20+. The highest BCUT2D eigenvalue weighted by atomic mass is 16.2. The molecular formula is C25H35N5O2. The molecule has 1 heterocycles. The Balaban J connectivity index is 2.18. The second-order valence-corrected chi connectivity index (χ2v) is 7.85. The van der Waals surface area contributed by atoms with Gasteiger partial charge in [0, 0.05) is 35.9 Å². The molecule has 0 bridgehead atoms. The number of pyridine rings is 1. The number of rotatable bonds is 13. The van der Waals surface area contributed by atoms with Crippen LogP contribution in [0.15, 0.2) is 60.0 Å². The number of carbonyl (C=O) groups excluding carboxylic acids is 2. The lowest BCUT2D eigenvalue weighted by atomic mass is 10.0. The highest BCUT2D eigenvalue weighted by Crippen LogP contribution is 2.13. The Labute approximate surface area is 191 Å².